The van der Waals surface area contributed by atoms with Crippen molar-refractivity contribution in [3.05, 3.63) is 57.0 Å². The van der Waals surface area contributed by atoms with Crippen LogP contribution >= 0.6 is 44.1 Å². The van der Waals surface area contributed by atoms with Crippen molar-refractivity contribution < 1.29 is 4.74 Å². The second-order valence-corrected chi connectivity index (χ2v) is 5.77. The SMILES string of the molecule is NC(=S)c1ccc(Oc2ccc(Br)cc2)cc1Br. The van der Waals surface area contributed by atoms with Crippen molar-refractivity contribution in [1.29, 1.82) is 0 Å². The first-order valence-electron chi connectivity index (χ1n) is 5.09. The van der Waals surface area contributed by atoms with E-state index in [2.05, 4.69) is 31.9 Å². The Morgan fingerprint density at radius 1 is 1.00 bits per heavy atom. The summed E-state index contributed by atoms with van der Waals surface area (Å²) in [5, 5.41) is 0. The summed E-state index contributed by atoms with van der Waals surface area (Å²) >= 11 is 11.7. The number of nitrogens with two attached hydrogens (primary N) is 1. The summed E-state index contributed by atoms with van der Waals surface area (Å²) in [6.07, 6.45) is 0. The van der Waals surface area contributed by atoms with Crippen LogP contribution in [-0.2, 0) is 0 Å². The third-order valence-corrected chi connectivity index (χ3v) is 3.66. The number of rotatable bonds is 3. The Hall–Kier alpha value is -0.910. The van der Waals surface area contributed by atoms with Gasteiger partial charge in [-0.25, -0.2) is 0 Å². The monoisotopic (exact) mass is 385 g/mol. The molecular weight excluding hydrogens is 378 g/mol. The van der Waals surface area contributed by atoms with Gasteiger partial charge < -0.3 is 10.5 Å². The fourth-order valence-corrected chi connectivity index (χ4v) is 2.54. The van der Waals surface area contributed by atoms with Crippen LogP contribution in [0.25, 0.3) is 0 Å². The van der Waals surface area contributed by atoms with Gasteiger partial charge >= 0.3 is 0 Å². The average molecular weight is 387 g/mol. The summed E-state index contributed by atoms with van der Waals surface area (Å²) in [5.74, 6) is 1.50. The molecule has 2 N–H and O–H groups in total. The molecule has 0 amide bonds. The molecule has 5 heteroatoms. The number of hydrogen-bond acceptors (Lipinski definition) is 2. The van der Waals surface area contributed by atoms with Gasteiger partial charge in [0.05, 0.1) is 0 Å². The van der Waals surface area contributed by atoms with E-state index in [1.165, 1.54) is 0 Å². The Bertz CT molecular complexity index is 584. The van der Waals surface area contributed by atoms with E-state index >= 15 is 0 Å². The highest BCUT2D eigenvalue weighted by atomic mass is 79.9. The molecule has 0 atom stereocenters. The Morgan fingerprint density at radius 3 is 2.17 bits per heavy atom. The molecular formula is C13H9Br2NOS. The van der Waals surface area contributed by atoms with E-state index in [9.17, 15) is 0 Å². The maximum Gasteiger partial charge on any atom is 0.128 e. The lowest BCUT2D eigenvalue weighted by Crippen LogP contribution is -2.09. The quantitative estimate of drug-likeness (QED) is 0.780. The number of benzene rings is 2. The smallest absolute Gasteiger partial charge is 0.128 e. The van der Waals surface area contributed by atoms with Gasteiger partial charge in [0.25, 0.3) is 0 Å². The van der Waals surface area contributed by atoms with Crippen LogP contribution in [0.1, 0.15) is 5.56 Å². The molecule has 0 saturated heterocycles. The van der Waals surface area contributed by atoms with Crippen molar-refractivity contribution in [3.8, 4) is 11.5 Å². The summed E-state index contributed by atoms with van der Waals surface area (Å²) in [5.41, 5.74) is 6.39. The van der Waals surface area contributed by atoms with Crippen LogP contribution in [0.3, 0.4) is 0 Å². The standard InChI is InChI=1S/C13H9Br2NOS/c14-8-1-3-9(4-2-8)17-10-5-6-11(13(16)18)12(15)7-10/h1-7H,(H2,16,18). The maximum absolute atomic E-state index is 5.71. The van der Waals surface area contributed by atoms with Gasteiger partial charge in [0, 0.05) is 14.5 Å². The minimum Gasteiger partial charge on any atom is -0.457 e. The topological polar surface area (TPSA) is 35.2 Å². The second kappa shape index (κ2) is 5.82. The van der Waals surface area contributed by atoms with Gasteiger partial charge in [0.1, 0.15) is 16.5 Å². The molecule has 2 aromatic carbocycles. The summed E-state index contributed by atoms with van der Waals surface area (Å²) in [6.45, 7) is 0. The molecule has 18 heavy (non-hydrogen) atoms. The summed E-state index contributed by atoms with van der Waals surface area (Å²) in [4.78, 5) is 0.358. The maximum atomic E-state index is 5.71. The highest BCUT2D eigenvalue weighted by Gasteiger charge is 2.05. The molecule has 0 heterocycles. The fraction of sp³-hybridized carbons (Fsp3) is 0. The van der Waals surface area contributed by atoms with Crippen molar-refractivity contribution >= 4 is 49.1 Å². The molecule has 0 fully saturated rings. The van der Waals surface area contributed by atoms with Gasteiger partial charge in [-0.1, -0.05) is 28.1 Å². The molecule has 2 nitrogen and oxygen atoms in total. The predicted octanol–water partition coefficient (Wildman–Crippen LogP) is 4.64. The molecule has 0 aliphatic rings. The van der Waals surface area contributed by atoms with E-state index in [1.807, 2.05) is 42.5 Å². The predicted molar refractivity (Wildman–Crippen MR) is 84.2 cm³/mol. The minimum atomic E-state index is 0.358. The first-order chi connectivity index (χ1) is 8.56. The van der Waals surface area contributed by atoms with Crippen LogP contribution in [0.15, 0.2) is 51.4 Å². The van der Waals surface area contributed by atoms with E-state index in [-0.39, 0.29) is 0 Å². The van der Waals surface area contributed by atoms with Crippen molar-refractivity contribution in [2.75, 3.05) is 0 Å². The van der Waals surface area contributed by atoms with Gasteiger partial charge in [-0.3, -0.25) is 0 Å². The van der Waals surface area contributed by atoms with E-state index in [1.54, 1.807) is 0 Å². The Labute approximate surface area is 127 Å². The number of hydrogen-bond donors (Lipinski definition) is 1. The summed E-state index contributed by atoms with van der Waals surface area (Å²) in [6, 6.07) is 13.1. The molecule has 0 bridgehead atoms. The normalized spacial score (nSPS) is 10.1. The third-order valence-electron chi connectivity index (χ3n) is 2.26. The first-order valence-corrected chi connectivity index (χ1v) is 7.08. The van der Waals surface area contributed by atoms with Crippen molar-refractivity contribution in [2.45, 2.75) is 0 Å². The van der Waals surface area contributed by atoms with Crippen LogP contribution in [0.5, 0.6) is 11.5 Å². The minimum absolute atomic E-state index is 0.358. The van der Waals surface area contributed by atoms with Gasteiger partial charge in [0.2, 0.25) is 0 Å². The fourth-order valence-electron chi connectivity index (χ4n) is 1.40. The first kappa shape index (κ1) is 13.5. The number of ether oxygens (including phenoxy) is 1. The molecule has 0 spiro atoms. The molecule has 2 rings (SSSR count). The lowest BCUT2D eigenvalue weighted by Gasteiger charge is -2.08. The Balaban J connectivity index is 2.22. The van der Waals surface area contributed by atoms with Crippen LogP contribution < -0.4 is 10.5 Å². The molecule has 0 aliphatic heterocycles. The lowest BCUT2D eigenvalue weighted by molar-refractivity contribution is 0.482. The van der Waals surface area contributed by atoms with Gasteiger partial charge in [-0.2, -0.15) is 0 Å². The van der Waals surface area contributed by atoms with Gasteiger partial charge in [-0.05, 0) is 58.4 Å². The molecule has 0 radical (unpaired) electrons. The van der Waals surface area contributed by atoms with E-state index in [4.69, 9.17) is 22.7 Å². The summed E-state index contributed by atoms with van der Waals surface area (Å²) in [7, 11) is 0. The zero-order chi connectivity index (χ0) is 13.1. The highest BCUT2D eigenvalue weighted by molar-refractivity contribution is 9.10. The average Bonchev–Trinajstić information content (AvgIpc) is 2.32. The van der Waals surface area contributed by atoms with Crippen LogP contribution in [0.2, 0.25) is 0 Å². The van der Waals surface area contributed by atoms with Gasteiger partial charge in [-0.15, -0.1) is 0 Å². The highest BCUT2D eigenvalue weighted by Crippen LogP contribution is 2.27. The molecule has 92 valence electrons. The second-order valence-electron chi connectivity index (χ2n) is 3.56. The lowest BCUT2D eigenvalue weighted by atomic mass is 10.2. The van der Waals surface area contributed by atoms with E-state index in [0.29, 0.717) is 4.99 Å². The van der Waals surface area contributed by atoms with Crippen molar-refractivity contribution in [3.63, 3.8) is 0 Å². The number of halogens is 2. The van der Waals surface area contributed by atoms with Gasteiger partial charge in [0.15, 0.2) is 0 Å². The van der Waals surface area contributed by atoms with E-state index in [0.717, 1.165) is 26.0 Å². The molecule has 0 saturated carbocycles. The molecule has 0 aliphatic carbocycles. The van der Waals surface area contributed by atoms with Crippen LogP contribution in [0.4, 0.5) is 0 Å². The zero-order valence-corrected chi connectivity index (χ0v) is 13.2. The van der Waals surface area contributed by atoms with Crippen LogP contribution in [0, 0.1) is 0 Å². The zero-order valence-electron chi connectivity index (χ0n) is 9.19. The number of thiocarbonyl (C=S) groups is 1. The Morgan fingerprint density at radius 2 is 1.61 bits per heavy atom. The van der Waals surface area contributed by atoms with E-state index < -0.39 is 0 Å². The van der Waals surface area contributed by atoms with Crippen LogP contribution in [-0.4, -0.2) is 4.99 Å². The third kappa shape index (κ3) is 3.31. The molecule has 0 unspecified atom stereocenters. The van der Waals surface area contributed by atoms with Crippen molar-refractivity contribution in [2.24, 2.45) is 5.73 Å². The van der Waals surface area contributed by atoms with Crippen molar-refractivity contribution in [1.82, 2.24) is 0 Å². The molecule has 0 aromatic heterocycles. The molecule has 2 aromatic rings. The Kier molecular flexibility index (Phi) is 4.37. The largest absolute Gasteiger partial charge is 0.457 e. The summed E-state index contributed by atoms with van der Waals surface area (Å²) < 4.78 is 7.55.